The summed E-state index contributed by atoms with van der Waals surface area (Å²) in [6, 6.07) is 22.5. The van der Waals surface area contributed by atoms with Gasteiger partial charge in [-0.3, -0.25) is 9.59 Å². The van der Waals surface area contributed by atoms with E-state index in [1.807, 2.05) is 61.7 Å². The molecule has 5 aromatic rings. The van der Waals surface area contributed by atoms with Crippen LogP contribution in [0.25, 0.3) is 21.7 Å². The molecule has 8 nitrogen and oxygen atoms in total. The predicted molar refractivity (Wildman–Crippen MR) is 152 cm³/mol. The number of hydrogen-bond donors (Lipinski definition) is 3. The second-order valence-corrected chi connectivity index (χ2v) is 9.87. The second kappa shape index (κ2) is 10.7. The number of carbonyl (C=O) groups is 2. The van der Waals surface area contributed by atoms with Crippen LogP contribution in [0.2, 0.25) is 0 Å². The molecule has 0 unspecified atom stereocenters. The largest absolute Gasteiger partial charge is 0.397 e. The third-order valence-electron chi connectivity index (χ3n) is 6.14. The minimum atomic E-state index is -0.265. The Labute approximate surface area is 224 Å². The third-order valence-corrected chi connectivity index (χ3v) is 7.06. The molecule has 0 spiro atoms. The maximum Gasteiger partial charge on any atom is 0.255 e. The lowest BCUT2D eigenvalue weighted by Crippen LogP contribution is -2.20. The van der Waals surface area contributed by atoms with Gasteiger partial charge in [0.05, 0.1) is 17.6 Å². The number of carbonyl (C=O) groups excluding carboxylic acids is 2. The van der Waals surface area contributed by atoms with Crippen molar-refractivity contribution in [3.8, 4) is 21.7 Å². The number of rotatable bonds is 7. The first-order chi connectivity index (χ1) is 18.4. The lowest BCUT2D eigenvalue weighted by Gasteiger charge is -2.11. The summed E-state index contributed by atoms with van der Waals surface area (Å²) in [7, 11) is 0. The quantitative estimate of drug-likeness (QED) is 0.235. The Hall–Kier alpha value is -4.76. The number of thiophene rings is 1. The van der Waals surface area contributed by atoms with E-state index in [2.05, 4.69) is 20.9 Å². The molecule has 0 aliphatic carbocycles. The van der Waals surface area contributed by atoms with Crippen LogP contribution in [0.1, 0.15) is 21.5 Å². The number of aryl methyl sites for hydroxylation is 2. The Morgan fingerprint density at radius 3 is 2.37 bits per heavy atom. The van der Waals surface area contributed by atoms with E-state index < -0.39 is 0 Å². The summed E-state index contributed by atoms with van der Waals surface area (Å²) in [5.74, 6) is -0.452. The number of amides is 2. The second-order valence-electron chi connectivity index (χ2n) is 8.93. The van der Waals surface area contributed by atoms with Gasteiger partial charge in [0.25, 0.3) is 5.91 Å². The summed E-state index contributed by atoms with van der Waals surface area (Å²) in [6.07, 6.45) is 1.70. The molecule has 0 radical (unpaired) electrons. The zero-order chi connectivity index (χ0) is 26.6. The minimum Gasteiger partial charge on any atom is -0.397 e. The van der Waals surface area contributed by atoms with Crippen molar-refractivity contribution < 1.29 is 9.59 Å². The summed E-state index contributed by atoms with van der Waals surface area (Å²) in [5, 5.41) is 16.1. The van der Waals surface area contributed by atoms with Crippen molar-refractivity contribution in [3.05, 3.63) is 101 Å². The van der Waals surface area contributed by atoms with E-state index in [9.17, 15) is 9.59 Å². The van der Waals surface area contributed by atoms with E-state index in [0.29, 0.717) is 22.6 Å². The van der Waals surface area contributed by atoms with Crippen molar-refractivity contribution in [1.29, 1.82) is 0 Å². The van der Waals surface area contributed by atoms with E-state index >= 15 is 0 Å². The van der Waals surface area contributed by atoms with Gasteiger partial charge in [0.2, 0.25) is 5.91 Å². The van der Waals surface area contributed by atoms with Crippen LogP contribution in [0.5, 0.6) is 0 Å². The van der Waals surface area contributed by atoms with Crippen molar-refractivity contribution in [1.82, 2.24) is 15.0 Å². The van der Waals surface area contributed by atoms with Crippen LogP contribution < -0.4 is 16.4 Å². The van der Waals surface area contributed by atoms with E-state index in [1.54, 1.807) is 47.9 Å². The van der Waals surface area contributed by atoms with Gasteiger partial charge in [-0.2, -0.15) is 0 Å². The molecular formula is C29H26N6O2S. The van der Waals surface area contributed by atoms with E-state index in [4.69, 9.17) is 5.73 Å². The van der Waals surface area contributed by atoms with Crippen LogP contribution in [0.4, 0.5) is 17.1 Å². The maximum atomic E-state index is 12.9. The van der Waals surface area contributed by atoms with Crippen molar-refractivity contribution in [2.45, 2.75) is 20.4 Å². The summed E-state index contributed by atoms with van der Waals surface area (Å²) >= 11 is 1.62. The van der Waals surface area contributed by atoms with Crippen LogP contribution in [0.3, 0.4) is 0 Å². The Morgan fingerprint density at radius 1 is 0.921 bits per heavy atom. The SMILES string of the molecule is Cc1cccc(C)c1NC(=O)Cn1cc(-c2ccc(C(=O)Nc3cc(-c4cccs4)ccc3N)cc2)nn1. The van der Waals surface area contributed by atoms with Crippen molar-refractivity contribution in [2.24, 2.45) is 0 Å². The minimum absolute atomic E-state index is 0.0349. The zero-order valence-electron chi connectivity index (χ0n) is 20.9. The normalized spacial score (nSPS) is 10.8. The molecule has 9 heteroatoms. The zero-order valence-corrected chi connectivity index (χ0v) is 21.8. The molecule has 3 aromatic carbocycles. The first-order valence-electron chi connectivity index (χ1n) is 12.0. The molecule has 2 amide bonds. The fourth-order valence-corrected chi connectivity index (χ4v) is 4.82. The highest BCUT2D eigenvalue weighted by molar-refractivity contribution is 7.13. The maximum absolute atomic E-state index is 12.9. The van der Waals surface area contributed by atoms with Crippen molar-refractivity contribution in [3.63, 3.8) is 0 Å². The van der Waals surface area contributed by atoms with Crippen LogP contribution in [0.15, 0.2) is 84.4 Å². The smallest absolute Gasteiger partial charge is 0.255 e. The van der Waals surface area contributed by atoms with E-state index in [1.165, 1.54) is 4.68 Å². The Balaban J connectivity index is 1.24. The molecule has 0 saturated heterocycles. The molecule has 0 bridgehead atoms. The highest BCUT2D eigenvalue weighted by Gasteiger charge is 2.13. The first-order valence-corrected chi connectivity index (χ1v) is 12.9. The number of aromatic nitrogens is 3. The number of nitrogens with zero attached hydrogens (tertiary/aromatic N) is 3. The Kier molecular flexibility index (Phi) is 7.01. The summed E-state index contributed by atoms with van der Waals surface area (Å²) in [4.78, 5) is 26.6. The van der Waals surface area contributed by atoms with Gasteiger partial charge in [-0.1, -0.05) is 47.7 Å². The molecule has 2 heterocycles. The van der Waals surface area contributed by atoms with E-state index in [-0.39, 0.29) is 18.4 Å². The lowest BCUT2D eigenvalue weighted by atomic mass is 10.1. The molecule has 4 N–H and O–H groups in total. The fourth-order valence-electron chi connectivity index (χ4n) is 4.09. The number of hydrogen-bond acceptors (Lipinski definition) is 6. The topological polar surface area (TPSA) is 115 Å². The molecule has 0 saturated carbocycles. The first kappa shape index (κ1) is 24.9. The number of benzene rings is 3. The number of nitrogens with one attached hydrogen (secondary N) is 2. The van der Waals surface area contributed by atoms with Crippen LogP contribution >= 0.6 is 11.3 Å². The van der Waals surface area contributed by atoms with Crippen molar-refractivity contribution >= 4 is 40.2 Å². The van der Waals surface area contributed by atoms with Gasteiger partial charge < -0.3 is 16.4 Å². The fraction of sp³-hybridized carbons (Fsp3) is 0.103. The number of para-hydroxylation sites is 1. The average Bonchev–Trinajstić information content (AvgIpc) is 3.61. The Morgan fingerprint density at radius 2 is 1.66 bits per heavy atom. The van der Waals surface area contributed by atoms with Crippen molar-refractivity contribution in [2.75, 3.05) is 16.4 Å². The Bertz CT molecular complexity index is 1590. The summed E-state index contributed by atoms with van der Waals surface area (Å²) in [5.41, 5.74) is 12.8. The van der Waals surface area contributed by atoms with Gasteiger partial charge in [-0.25, -0.2) is 4.68 Å². The standard InChI is InChI=1S/C29H26N6O2S/c1-18-5-3-6-19(2)28(18)32-27(36)17-35-16-25(33-34-35)20-8-10-21(11-9-20)29(37)31-24-15-22(12-13-23(24)30)26-7-4-14-38-26/h3-16H,17,30H2,1-2H3,(H,31,37)(H,32,36). The lowest BCUT2D eigenvalue weighted by molar-refractivity contribution is -0.116. The number of anilines is 3. The average molecular weight is 523 g/mol. The van der Waals surface area contributed by atoms with Crippen LogP contribution in [0, 0.1) is 13.8 Å². The molecule has 0 aliphatic heterocycles. The molecule has 0 aliphatic rings. The predicted octanol–water partition coefficient (Wildman–Crippen LogP) is 5.76. The molecule has 38 heavy (non-hydrogen) atoms. The molecule has 5 rings (SSSR count). The number of nitrogens with two attached hydrogens (primary N) is 1. The molecule has 190 valence electrons. The molecule has 2 aromatic heterocycles. The highest BCUT2D eigenvalue weighted by Crippen LogP contribution is 2.30. The van der Waals surface area contributed by atoms with Gasteiger partial charge in [-0.15, -0.1) is 16.4 Å². The molecule has 0 atom stereocenters. The summed E-state index contributed by atoms with van der Waals surface area (Å²) < 4.78 is 1.49. The molecular weight excluding hydrogens is 496 g/mol. The van der Waals surface area contributed by atoms with Gasteiger partial charge in [0, 0.05) is 21.7 Å². The third kappa shape index (κ3) is 5.47. The monoisotopic (exact) mass is 522 g/mol. The summed E-state index contributed by atoms with van der Waals surface area (Å²) in [6.45, 7) is 3.95. The molecule has 0 fully saturated rings. The van der Waals surface area contributed by atoms with Crippen LogP contribution in [-0.2, 0) is 11.3 Å². The van der Waals surface area contributed by atoms with Gasteiger partial charge in [0.1, 0.15) is 12.2 Å². The van der Waals surface area contributed by atoms with Gasteiger partial charge >= 0.3 is 0 Å². The highest BCUT2D eigenvalue weighted by atomic mass is 32.1. The van der Waals surface area contributed by atoms with Gasteiger partial charge in [0.15, 0.2) is 0 Å². The van der Waals surface area contributed by atoms with Gasteiger partial charge in [-0.05, 0) is 66.2 Å². The van der Waals surface area contributed by atoms with Crippen LogP contribution in [-0.4, -0.2) is 26.8 Å². The van der Waals surface area contributed by atoms with E-state index in [0.717, 1.165) is 32.8 Å². The number of nitrogen functional groups attached to an aromatic ring is 1.